The van der Waals surface area contributed by atoms with Crippen LogP contribution in [0.3, 0.4) is 0 Å². The van der Waals surface area contributed by atoms with Crippen molar-refractivity contribution >= 4 is 29.1 Å². The van der Waals surface area contributed by atoms with Crippen molar-refractivity contribution < 1.29 is 14.4 Å². The highest BCUT2D eigenvalue weighted by molar-refractivity contribution is 6.39. The van der Waals surface area contributed by atoms with Crippen LogP contribution in [0.4, 0.5) is 5.69 Å². The molecular weight excluding hydrogens is 320 g/mol. The molecule has 0 aromatic heterocycles. The number of nitrogens with one attached hydrogen (secondary N) is 3. The zero-order chi connectivity index (χ0) is 18.2. The largest absolute Gasteiger partial charge is 0.353 e. The molecule has 0 bridgehead atoms. The Hall–Kier alpha value is -2.70. The van der Waals surface area contributed by atoms with Crippen LogP contribution in [0.15, 0.2) is 29.4 Å². The van der Waals surface area contributed by atoms with Gasteiger partial charge in [-0.05, 0) is 38.3 Å². The first kappa shape index (κ1) is 18.6. The summed E-state index contributed by atoms with van der Waals surface area (Å²) in [6.45, 7) is 3.46. The van der Waals surface area contributed by atoms with Crippen LogP contribution in [0.5, 0.6) is 0 Å². The maximum absolute atomic E-state index is 11.9. The van der Waals surface area contributed by atoms with E-state index in [-0.39, 0.29) is 18.4 Å². The van der Waals surface area contributed by atoms with Crippen molar-refractivity contribution in [2.45, 2.75) is 52.0 Å². The third-order valence-corrected chi connectivity index (χ3v) is 4.08. The van der Waals surface area contributed by atoms with Crippen molar-refractivity contribution in [3.05, 3.63) is 29.8 Å². The molecule has 0 radical (unpaired) electrons. The second kappa shape index (κ2) is 8.96. The molecule has 0 unspecified atom stereocenters. The lowest BCUT2D eigenvalue weighted by atomic mass is 10.2. The Balaban J connectivity index is 1.78. The van der Waals surface area contributed by atoms with Crippen molar-refractivity contribution in [2.75, 3.05) is 5.32 Å². The Kier molecular flexibility index (Phi) is 6.68. The van der Waals surface area contributed by atoms with Crippen LogP contribution < -0.4 is 16.1 Å². The van der Waals surface area contributed by atoms with Gasteiger partial charge in [-0.3, -0.25) is 14.4 Å². The van der Waals surface area contributed by atoms with Gasteiger partial charge in [-0.1, -0.05) is 31.0 Å². The van der Waals surface area contributed by atoms with E-state index in [9.17, 15) is 14.4 Å². The number of nitrogens with zero attached hydrogens (tertiary/aromatic N) is 1. The van der Waals surface area contributed by atoms with Crippen LogP contribution in [0.2, 0.25) is 0 Å². The second-order valence-corrected chi connectivity index (χ2v) is 6.28. The van der Waals surface area contributed by atoms with E-state index in [0.717, 1.165) is 31.2 Å². The Morgan fingerprint density at radius 1 is 1.12 bits per heavy atom. The molecule has 134 valence electrons. The van der Waals surface area contributed by atoms with Gasteiger partial charge in [0.05, 0.1) is 6.42 Å². The minimum Gasteiger partial charge on any atom is -0.353 e. The average Bonchev–Trinajstić information content (AvgIpc) is 3.07. The Morgan fingerprint density at radius 3 is 2.48 bits per heavy atom. The standard InChI is InChI=1S/C18H24N4O3/c1-12-7-3-6-10-15(12)20-17(24)18(25)22-21-13(2)11-16(23)19-14-8-4-5-9-14/h3,6-7,10,14H,4-5,8-9,11H2,1-2H3,(H,19,23)(H,20,24)(H,22,25)/b21-13+. The summed E-state index contributed by atoms with van der Waals surface area (Å²) in [4.78, 5) is 35.5. The summed E-state index contributed by atoms with van der Waals surface area (Å²) in [5.74, 6) is -1.80. The molecule has 1 fully saturated rings. The minimum atomic E-state index is -0.876. The number of hydrogen-bond donors (Lipinski definition) is 3. The van der Waals surface area contributed by atoms with Gasteiger partial charge in [-0.15, -0.1) is 0 Å². The summed E-state index contributed by atoms with van der Waals surface area (Å²) in [7, 11) is 0. The van der Waals surface area contributed by atoms with Crippen molar-refractivity contribution in [3.63, 3.8) is 0 Å². The molecule has 3 amide bonds. The Morgan fingerprint density at radius 2 is 1.80 bits per heavy atom. The number of anilines is 1. The number of benzene rings is 1. The average molecular weight is 344 g/mol. The Labute approximate surface area is 147 Å². The van der Waals surface area contributed by atoms with E-state index in [2.05, 4.69) is 21.2 Å². The van der Waals surface area contributed by atoms with Crippen molar-refractivity contribution in [1.29, 1.82) is 0 Å². The van der Waals surface area contributed by atoms with Gasteiger partial charge in [-0.25, -0.2) is 5.43 Å². The number of rotatable bonds is 5. The number of hydrazone groups is 1. The molecule has 3 N–H and O–H groups in total. The van der Waals surface area contributed by atoms with E-state index in [1.54, 1.807) is 19.1 Å². The molecule has 1 aromatic carbocycles. The van der Waals surface area contributed by atoms with Crippen LogP contribution in [0, 0.1) is 6.92 Å². The topological polar surface area (TPSA) is 99.7 Å². The van der Waals surface area contributed by atoms with Gasteiger partial charge >= 0.3 is 11.8 Å². The van der Waals surface area contributed by atoms with E-state index in [0.29, 0.717) is 11.4 Å². The summed E-state index contributed by atoms with van der Waals surface area (Å²) in [5, 5.41) is 9.29. The second-order valence-electron chi connectivity index (χ2n) is 6.28. The summed E-state index contributed by atoms with van der Waals surface area (Å²) in [6.07, 6.45) is 4.40. The smallest absolute Gasteiger partial charge is 0.329 e. The molecule has 1 aliphatic carbocycles. The molecule has 7 nitrogen and oxygen atoms in total. The summed E-state index contributed by atoms with van der Waals surface area (Å²) in [5.41, 5.74) is 4.04. The van der Waals surface area contributed by atoms with E-state index in [1.165, 1.54) is 0 Å². The Bertz CT molecular complexity index is 679. The molecule has 1 aromatic rings. The number of carbonyl (C=O) groups excluding carboxylic acids is 3. The highest BCUT2D eigenvalue weighted by atomic mass is 16.2. The molecule has 0 atom stereocenters. The first-order chi connectivity index (χ1) is 12.0. The molecular formula is C18H24N4O3. The summed E-state index contributed by atoms with van der Waals surface area (Å²) < 4.78 is 0. The first-order valence-electron chi connectivity index (χ1n) is 8.45. The fourth-order valence-corrected chi connectivity index (χ4v) is 2.71. The number of hydrogen-bond acceptors (Lipinski definition) is 4. The molecule has 2 rings (SSSR count). The number of carbonyl (C=O) groups is 3. The van der Waals surface area contributed by atoms with Crippen LogP contribution in [-0.2, 0) is 14.4 Å². The van der Waals surface area contributed by atoms with Crippen molar-refractivity contribution in [1.82, 2.24) is 10.7 Å². The zero-order valence-electron chi connectivity index (χ0n) is 14.6. The molecule has 0 saturated heterocycles. The van der Waals surface area contributed by atoms with E-state index >= 15 is 0 Å². The van der Waals surface area contributed by atoms with Gasteiger partial charge in [0.2, 0.25) is 5.91 Å². The van der Waals surface area contributed by atoms with E-state index in [4.69, 9.17) is 0 Å². The summed E-state index contributed by atoms with van der Waals surface area (Å²) in [6, 6.07) is 7.40. The minimum absolute atomic E-state index is 0.0934. The van der Waals surface area contributed by atoms with Crippen LogP contribution in [0.25, 0.3) is 0 Å². The van der Waals surface area contributed by atoms with Crippen LogP contribution in [0.1, 0.15) is 44.6 Å². The van der Waals surface area contributed by atoms with Gasteiger partial charge < -0.3 is 10.6 Å². The zero-order valence-corrected chi connectivity index (χ0v) is 14.6. The molecule has 7 heteroatoms. The molecule has 1 aliphatic rings. The van der Waals surface area contributed by atoms with E-state index < -0.39 is 11.8 Å². The van der Waals surface area contributed by atoms with Gasteiger partial charge in [-0.2, -0.15) is 5.10 Å². The van der Waals surface area contributed by atoms with Crippen molar-refractivity contribution in [3.8, 4) is 0 Å². The number of para-hydroxylation sites is 1. The molecule has 0 spiro atoms. The summed E-state index contributed by atoms with van der Waals surface area (Å²) >= 11 is 0. The highest BCUT2D eigenvalue weighted by Crippen LogP contribution is 2.17. The maximum Gasteiger partial charge on any atom is 0.329 e. The maximum atomic E-state index is 11.9. The monoisotopic (exact) mass is 344 g/mol. The predicted molar refractivity (Wildman–Crippen MR) is 96.1 cm³/mol. The van der Waals surface area contributed by atoms with Gasteiger partial charge in [0, 0.05) is 17.4 Å². The molecule has 1 saturated carbocycles. The SMILES string of the molecule is C/C(CC(=O)NC1CCCC1)=N\NC(=O)C(=O)Nc1ccccc1C. The third-order valence-electron chi connectivity index (χ3n) is 4.08. The predicted octanol–water partition coefficient (Wildman–Crippen LogP) is 1.87. The van der Waals surface area contributed by atoms with Gasteiger partial charge in [0.15, 0.2) is 0 Å². The number of aryl methyl sites for hydroxylation is 1. The third kappa shape index (κ3) is 6.02. The normalized spacial score (nSPS) is 14.9. The lowest BCUT2D eigenvalue weighted by Crippen LogP contribution is -2.35. The highest BCUT2D eigenvalue weighted by Gasteiger charge is 2.18. The first-order valence-corrected chi connectivity index (χ1v) is 8.45. The van der Waals surface area contributed by atoms with E-state index in [1.807, 2.05) is 19.1 Å². The lowest BCUT2D eigenvalue weighted by molar-refractivity contribution is -0.136. The lowest BCUT2D eigenvalue weighted by Gasteiger charge is -2.11. The molecule has 25 heavy (non-hydrogen) atoms. The van der Waals surface area contributed by atoms with Crippen LogP contribution >= 0.6 is 0 Å². The van der Waals surface area contributed by atoms with Crippen molar-refractivity contribution in [2.24, 2.45) is 5.10 Å². The molecule has 0 heterocycles. The van der Waals surface area contributed by atoms with Crippen LogP contribution in [-0.4, -0.2) is 29.5 Å². The number of amides is 3. The van der Waals surface area contributed by atoms with Gasteiger partial charge in [0.1, 0.15) is 0 Å². The quantitative estimate of drug-likeness (QED) is 0.432. The molecule has 0 aliphatic heterocycles. The van der Waals surface area contributed by atoms with Gasteiger partial charge in [0.25, 0.3) is 0 Å². The fourth-order valence-electron chi connectivity index (χ4n) is 2.71. The fraction of sp³-hybridized carbons (Fsp3) is 0.444.